The molecule has 0 spiro atoms. The van der Waals surface area contributed by atoms with Gasteiger partial charge < -0.3 is 20.6 Å². The minimum Gasteiger partial charge on any atom is -0.560 e. The van der Waals surface area contributed by atoms with Crippen LogP contribution < -0.4 is 206 Å². The van der Waals surface area contributed by atoms with Crippen LogP contribution in [0.4, 0.5) is 0 Å². The summed E-state index contributed by atoms with van der Waals surface area (Å²) in [5.74, 6) is 0. The topological polar surface area (TPSA) is 266 Å². The van der Waals surface area contributed by atoms with Gasteiger partial charge in [-0.2, -0.15) is 0 Å². The summed E-state index contributed by atoms with van der Waals surface area (Å²) in [7, 11) is -13.6. The Kier molecular flexibility index (Phi) is 47.9. The summed E-state index contributed by atoms with van der Waals surface area (Å²) >= 11 is 5.62. The Morgan fingerprint density at radius 1 is 0.410 bits per heavy atom. The number of rotatable bonds is 11. The molecular formula is C53H56Cl2K4N4O10S5. The second-order valence-corrected chi connectivity index (χ2v) is 23.8. The first-order valence-corrected chi connectivity index (χ1v) is 30.2. The van der Waals surface area contributed by atoms with Gasteiger partial charge in [-0.15, -0.1) is 0 Å². The van der Waals surface area contributed by atoms with Crippen molar-refractivity contribution in [3.05, 3.63) is 266 Å². The van der Waals surface area contributed by atoms with Crippen molar-refractivity contribution in [3.63, 3.8) is 0 Å². The van der Waals surface area contributed by atoms with E-state index in [1.165, 1.54) is 35.4 Å². The summed E-state index contributed by atoms with van der Waals surface area (Å²) in [6, 6.07) is 46.3. The molecule has 0 unspecified atom stereocenters. The van der Waals surface area contributed by atoms with Gasteiger partial charge in [0.1, 0.15) is 0 Å². The number of allylic oxidation sites excluding steroid dienone is 1. The van der Waals surface area contributed by atoms with Crippen LogP contribution in [0.25, 0.3) is 56.5 Å². The van der Waals surface area contributed by atoms with Crippen LogP contribution in [-0.2, 0) is 49.1 Å². The number of nitrogens with one attached hydrogen (secondary N) is 4. The molecular weight excluding hydrogens is 1240 g/mol. The van der Waals surface area contributed by atoms with Crippen LogP contribution >= 0.6 is 22.3 Å². The third-order valence-corrected chi connectivity index (χ3v) is 11.9. The second kappa shape index (κ2) is 44.0. The Bertz CT molecular complexity index is 3270. The van der Waals surface area contributed by atoms with Gasteiger partial charge in [-0.25, -0.2) is 42.1 Å². The van der Waals surface area contributed by atoms with Crippen molar-refractivity contribution < 1.29 is 248 Å². The van der Waals surface area contributed by atoms with E-state index in [1.54, 1.807) is 61.5 Å². The fourth-order valence-electron chi connectivity index (χ4n) is 5.07. The van der Waals surface area contributed by atoms with Crippen LogP contribution in [-0.4, -0.2) is 42.1 Å². The number of hydrogen-bond donors (Lipinski definition) is 0. The van der Waals surface area contributed by atoms with Gasteiger partial charge in [0.05, 0.1) is 40.1 Å². The Balaban J connectivity index is -0.000000418. The molecule has 0 saturated carbocycles. The van der Waals surface area contributed by atoms with Crippen LogP contribution in [0, 0.1) is 27.7 Å². The largest absolute Gasteiger partial charge is 1.00 e. The number of aryl methyl sites for hydroxylation is 4. The summed E-state index contributed by atoms with van der Waals surface area (Å²) < 4.78 is 105. The van der Waals surface area contributed by atoms with Crippen LogP contribution in [0.15, 0.2) is 185 Å². The van der Waals surface area contributed by atoms with E-state index in [9.17, 15) is 42.1 Å². The molecule has 6 aromatic carbocycles. The van der Waals surface area contributed by atoms with Gasteiger partial charge in [-0.3, -0.25) is 0 Å². The summed E-state index contributed by atoms with van der Waals surface area (Å²) in [4.78, 5) is 0. The maximum absolute atomic E-state index is 10.6. The molecule has 0 amide bonds. The average Bonchev–Trinajstić information content (AvgIpc) is 3.30. The molecule has 396 valence electrons. The van der Waals surface area contributed by atoms with Crippen molar-refractivity contribution >= 4 is 107 Å². The zero-order valence-electron chi connectivity index (χ0n) is 44.8. The summed E-state index contributed by atoms with van der Waals surface area (Å²) in [5.41, 5.74) is 10.3. The maximum atomic E-state index is 10.6. The molecule has 0 radical (unpaired) electrons. The Labute approximate surface area is 643 Å². The van der Waals surface area contributed by atoms with E-state index >= 15 is 0 Å². The standard InChI is InChI=1S/C9H9ClO2S.3C9H10NO2S.C9H10.C8H7ClNO2S.4K/c2*1-8-2-4-9(5-3-8)6-7-13(10,11)12;1-8-3-2-4-9(7-8)5-6-13(10,11)12;1-8(7-13(10,11)12)9-5-3-2-4-6-9;1-3-9-6-4-8(2)5-7-9;9-8-3-1-7(2-4-8)5-6-13(10,11)12;;;;/h2-7H,1H3;3*2-7H,1H3,(H-,10,11,12);3-7H,1H2,2H3;1-6H,(H-,10,11,12);;;;/q;3*-1;;-1;4*+1/b2*7-6+;6-5+;8-7+;;6-5+;;;;. The van der Waals surface area contributed by atoms with E-state index in [-0.39, 0.29) is 206 Å². The third kappa shape index (κ3) is 49.9. The molecule has 4 N–H and O–H groups in total. The minimum atomic E-state index is -3.80. The Morgan fingerprint density at radius 2 is 0.744 bits per heavy atom. The summed E-state index contributed by atoms with van der Waals surface area (Å²) in [5, 5.41) is 31.6. The quantitative estimate of drug-likeness (QED) is 0.135. The molecule has 0 fully saturated rings. The predicted octanol–water partition coefficient (Wildman–Crippen LogP) is 3.01. The van der Waals surface area contributed by atoms with E-state index < -0.39 is 49.1 Å². The summed E-state index contributed by atoms with van der Waals surface area (Å²) in [6.45, 7) is 13.2. The maximum Gasteiger partial charge on any atom is 1.00 e. The smallest absolute Gasteiger partial charge is 0.560 e. The van der Waals surface area contributed by atoms with Crippen molar-refractivity contribution in [3.8, 4) is 0 Å². The first-order valence-electron chi connectivity index (χ1n) is 21.2. The Morgan fingerprint density at radius 3 is 1.06 bits per heavy atom. The van der Waals surface area contributed by atoms with Crippen LogP contribution in [0.5, 0.6) is 0 Å². The molecule has 25 heteroatoms. The normalized spacial score (nSPS) is 11.3. The van der Waals surface area contributed by atoms with Gasteiger partial charge in [0.25, 0.3) is 9.05 Å². The predicted molar refractivity (Wildman–Crippen MR) is 310 cm³/mol. The average molecular weight is 1300 g/mol. The second-order valence-electron chi connectivity index (χ2n) is 15.4. The van der Waals surface area contributed by atoms with Crippen LogP contribution in [0.3, 0.4) is 0 Å². The molecule has 0 atom stereocenters. The van der Waals surface area contributed by atoms with E-state index in [0.29, 0.717) is 16.2 Å². The minimum absolute atomic E-state index is 0. The van der Waals surface area contributed by atoms with Crippen molar-refractivity contribution in [1.82, 2.24) is 0 Å². The van der Waals surface area contributed by atoms with Crippen molar-refractivity contribution in [2.24, 2.45) is 0 Å². The van der Waals surface area contributed by atoms with E-state index in [0.717, 1.165) is 66.0 Å². The van der Waals surface area contributed by atoms with Crippen molar-refractivity contribution in [1.29, 1.82) is 0 Å². The van der Waals surface area contributed by atoms with Crippen molar-refractivity contribution in [2.75, 3.05) is 0 Å². The van der Waals surface area contributed by atoms with Gasteiger partial charge >= 0.3 is 206 Å². The van der Waals surface area contributed by atoms with E-state index in [2.05, 4.69) is 37.8 Å². The fourth-order valence-corrected chi connectivity index (χ4v) is 7.28. The number of hydrogen-bond acceptors (Lipinski definition) is 10. The van der Waals surface area contributed by atoms with Crippen LogP contribution in [0.2, 0.25) is 5.02 Å². The number of sulfonamides is 4. The number of benzene rings is 6. The monoisotopic (exact) mass is 1290 g/mol. The van der Waals surface area contributed by atoms with Crippen molar-refractivity contribution in [2.45, 2.75) is 34.6 Å². The molecule has 0 heterocycles. The van der Waals surface area contributed by atoms with Gasteiger partial charge in [0, 0.05) is 42.7 Å². The van der Waals surface area contributed by atoms with Crippen LogP contribution in [0.1, 0.15) is 62.6 Å². The molecule has 14 nitrogen and oxygen atoms in total. The molecule has 78 heavy (non-hydrogen) atoms. The molecule has 0 bridgehead atoms. The molecule has 0 aliphatic carbocycles. The molecule has 0 aliphatic rings. The zero-order chi connectivity index (χ0) is 56.2. The molecule has 0 saturated heterocycles. The van der Waals surface area contributed by atoms with Gasteiger partial charge in [-0.05, 0) is 110 Å². The third-order valence-electron chi connectivity index (χ3n) is 8.68. The zero-order valence-corrected chi connectivity index (χ0v) is 62.9. The molecule has 6 rings (SSSR count). The summed E-state index contributed by atoms with van der Waals surface area (Å²) in [6.07, 6.45) is 7.47. The fraction of sp³-hybridized carbons (Fsp3) is 0.0943. The molecule has 0 aliphatic heterocycles. The molecule has 0 aromatic heterocycles. The van der Waals surface area contributed by atoms with Gasteiger partial charge in [0.2, 0.25) is 0 Å². The van der Waals surface area contributed by atoms with E-state index in [1.807, 2.05) is 99.6 Å². The Hall–Kier alpha value is 0.475. The van der Waals surface area contributed by atoms with E-state index in [4.69, 9.17) is 42.8 Å². The number of halogens is 2. The first-order chi connectivity index (χ1) is 34.2. The first kappa shape index (κ1) is 84.9. The van der Waals surface area contributed by atoms with Gasteiger partial charge in [-0.1, -0.05) is 186 Å². The molecule has 6 aromatic rings. The van der Waals surface area contributed by atoms with Gasteiger partial charge in [0.15, 0.2) is 0 Å². The SMILES string of the molecule is C/C(=C\S([NH-])(=O)=O)c1ccccc1.C=Cc1ccc(C)cc1.Cc1ccc(/C=C/S(=O)(=O)Cl)cc1.Cc1ccc(/C=C/S([NH-])(=O)=O)cc1.Cc1cccc(/C=C/S([NH-])(=O)=O)c1.[K+].[K+].[K+].[K+].[NH-]S(=O)(=O)/C=C/c1ccc(Cl)cc1.